The number of fused-ring (bicyclic) bond motifs is 2. The maximum absolute atomic E-state index is 12.6. The molecule has 38 heavy (non-hydrogen) atoms. The molecule has 210 valence electrons. The summed E-state index contributed by atoms with van der Waals surface area (Å²) in [6.07, 6.45) is 25.3. The number of esters is 1. The van der Waals surface area contributed by atoms with E-state index in [1.165, 1.54) is 106 Å². The molecule has 4 heteroatoms. The Bertz CT molecular complexity index is 1010. The molecular weight excluding hydrogens is 468 g/mol. The number of nitrogens with one attached hydrogen (secondary N) is 2. The van der Waals surface area contributed by atoms with Crippen LogP contribution in [0.25, 0.3) is 10.9 Å². The second kappa shape index (κ2) is 14.0. The normalized spacial score (nSPS) is 26.5. The Morgan fingerprint density at radius 2 is 1.68 bits per heavy atom. The van der Waals surface area contributed by atoms with Crippen LogP contribution in [0, 0.1) is 11.8 Å². The van der Waals surface area contributed by atoms with Crippen molar-refractivity contribution in [1.82, 2.24) is 10.3 Å². The molecule has 2 fully saturated rings. The molecule has 3 aliphatic rings. The first-order valence-corrected chi connectivity index (χ1v) is 16.2. The maximum Gasteiger partial charge on any atom is 0.306 e. The van der Waals surface area contributed by atoms with E-state index in [4.69, 9.17) is 4.74 Å². The highest BCUT2D eigenvalue weighted by Gasteiger charge is 2.37. The smallest absolute Gasteiger partial charge is 0.306 e. The van der Waals surface area contributed by atoms with E-state index >= 15 is 0 Å². The van der Waals surface area contributed by atoms with Crippen LogP contribution in [0.5, 0.6) is 0 Å². The van der Waals surface area contributed by atoms with Crippen LogP contribution in [0.2, 0.25) is 0 Å². The summed E-state index contributed by atoms with van der Waals surface area (Å²) in [6, 6.07) is 7.03. The summed E-state index contributed by atoms with van der Waals surface area (Å²) in [5.41, 5.74) is 4.07. The number of piperidine rings is 1. The average molecular weight is 521 g/mol. The van der Waals surface area contributed by atoms with Crippen LogP contribution in [-0.2, 0) is 16.0 Å². The molecule has 1 aromatic heterocycles. The molecule has 0 spiro atoms. The number of carbonyl (C=O) groups excluding carboxylic acids is 1. The fourth-order valence-electron chi connectivity index (χ4n) is 7.93. The van der Waals surface area contributed by atoms with Crippen LogP contribution in [0.4, 0.5) is 0 Å². The van der Waals surface area contributed by atoms with E-state index in [1.807, 2.05) is 0 Å². The highest BCUT2D eigenvalue weighted by atomic mass is 16.5. The highest BCUT2D eigenvalue weighted by Crippen LogP contribution is 2.41. The molecule has 5 rings (SSSR count). The van der Waals surface area contributed by atoms with Crippen LogP contribution < -0.4 is 5.32 Å². The van der Waals surface area contributed by atoms with Crippen LogP contribution in [-0.4, -0.2) is 29.6 Å². The van der Waals surface area contributed by atoms with Gasteiger partial charge in [-0.05, 0) is 48.3 Å². The Morgan fingerprint density at radius 1 is 0.947 bits per heavy atom. The number of carbonyl (C=O) groups is 1. The van der Waals surface area contributed by atoms with E-state index in [9.17, 15) is 4.79 Å². The Kier molecular flexibility index (Phi) is 10.2. The fraction of sp³-hybridized carbons (Fsp3) is 0.735. The largest absolute Gasteiger partial charge is 0.461 e. The number of ether oxygens (including phenoxy) is 1. The minimum Gasteiger partial charge on any atom is -0.461 e. The van der Waals surface area contributed by atoms with Gasteiger partial charge in [0, 0.05) is 42.0 Å². The second-order valence-electron chi connectivity index (χ2n) is 12.7. The standard InChI is InChI=1S/C34H52N2O2/c1-2-3-4-5-6-9-14-25-16-12-17-26(25)15-10-7-8-11-20-33(37)38-28-22-30-29-18-13-19-31-34(29)27(23-35-31)21-32(30)36-24-28/h13,18-19,23,25-26,28,30,32,35-36H,2-12,14-17,20-22,24H2,1H3/t25-,26-,28?,30+,32+/m0/s1. The van der Waals surface area contributed by atoms with Gasteiger partial charge in [-0.25, -0.2) is 0 Å². The van der Waals surface area contributed by atoms with Crippen molar-refractivity contribution in [1.29, 1.82) is 0 Å². The quantitative estimate of drug-likeness (QED) is 0.183. The van der Waals surface area contributed by atoms with Crippen molar-refractivity contribution in [3.05, 3.63) is 35.5 Å². The third-order valence-corrected chi connectivity index (χ3v) is 10.0. The number of aromatic nitrogens is 1. The van der Waals surface area contributed by atoms with E-state index in [2.05, 4.69) is 41.6 Å². The lowest BCUT2D eigenvalue weighted by molar-refractivity contribution is -0.150. The molecule has 2 aromatic rings. The van der Waals surface area contributed by atoms with E-state index in [0.29, 0.717) is 18.4 Å². The summed E-state index contributed by atoms with van der Waals surface area (Å²) >= 11 is 0. The SMILES string of the molecule is CCCCCCCC[C@H]1CCC[C@@H]1CCCCCCC(=O)OC1CN[C@@H]2Cc3c[nH]c4cccc(c34)[C@H]2C1. The number of benzene rings is 1. The lowest BCUT2D eigenvalue weighted by atomic mass is 9.75. The van der Waals surface area contributed by atoms with Crippen molar-refractivity contribution in [3.63, 3.8) is 0 Å². The number of unbranched alkanes of at least 4 members (excludes halogenated alkanes) is 8. The summed E-state index contributed by atoms with van der Waals surface area (Å²) in [7, 11) is 0. The summed E-state index contributed by atoms with van der Waals surface area (Å²) < 4.78 is 5.97. The first-order chi connectivity index (χ1) is 18.7. The number of hydrogen-bond donors (Lipinski definition) is 2. The van der Waals surface area contributed by atoms with Gasteiger partial charge in [-0.2, -0.15) is 0 Å². The van der Waals surface area contributed by atoms with Gasteiger partial charge in [0.25, 0.3) is 0 Å². The second-order valence-corrected chi connectivity index (χ2v) is 12.7. The Balaban J connectivity index is 0.948. The molecule has 1 aromatic carbocycles. The van der Waals surface area contributed by atoms with Crippen LogP contribution in [0.1, 0.15) is 133 Å². The molecule has 2 N–H and O–H groups in total. The minimum atomic E-state index is -0.00885. The number of rotatable bonds is 15. The van der Waals surface area contributed by atoms with Crippen molar-refractivity contribution in [2.45, 2.75) is 141 Å². The van der Waals surface area contributed by atoms with E-state index in [0.717, 1.165) is 44.1 Å². The van der Waals surface area contributed by atoms with E-state index in [1.54, 1.807) is 0 Å². The van der Waals surface area contributed by atoms with Gasteiger partial charge in [-0.3, -0.25) is 4.79 Å². The lowest BCUT2D eigenvalue weighted by Crippen LogP contribution is -2.49. The summed E-state index contributed by atoms with van der Waals surface area (Å²) in [6.45, 7) is 3.08. The zero-order valence-corrected chi connectivity index (χ0v) is 23.9. The van der Waals surface area contributed by atoms with Crippen molar-refractivity contribution in [3.8, 4) is 0 Å². The molecule has 1 unspecified atom stereocenters. The van der Waals surface area contributed by atoms with Gasteiger partial charge >= 0.3 is 5.97 Å². The van der Waals surface area contributed by atoms with Crippen LogP contribution in [0.3, 0.4) is 0 Å². The third kappa shape index (κ3) is 7.03. The van der Waals surface area contributed by atoms with Crippen LogP contribution in [0.15, 0.2) is 24.4 Å². The molecule has 1 saturated carbocycles. The zero-order valence-electron chi connectivity index (χ0n) is 23.9. The van der Waals surface area contributed by atoms with Gasteiger partial charge in [0.05, 0.1) is 0 Å². The maximum atomic E-state index is 12.6. The highest BCUT2D eigenvalue weighted by molar-refractivity contribution is 5.88. The molecule has 0 amide bonds. The fourth-order valence-corrected chi connectivity index (χ4v) is 7.93. The predicted molar refractivity (Wildman–Crippen MR) is 158 cm³/mol. The number of aromatic amines is 1. The number of hydrogen-bond acceptors (Lipinski definition) is 3. The van der Waals surface area contributed by atoms with Gasteiger partial charge in [-0.15, -0.1) is 0 Å². The molecule has 4 nitrogen and oxygen atoms in total. The molecule has 0 radical (unpaired) electrons. The Morgan fingerprint density at radius 3 is 2.47 bits per heavy atom. The van der Waals surface area contributed by atoms with E-state index in [-0.39, 0.29) is 12.1 Å². The number of H-pyrrole nitrogens is 1. The summed E-state index contributed by atoms with van der Waals surface area (Å²) in [4.78, 5) is 16.1. The Labute approximate surface area is 231 Å². The first kappa shape index (κ1) is 27.7. The van der Waals surface area contributed by atoms with E-state index < -0.39 is 0 Å². The van der Waals surface area contributed by atoms with Crippen molar-refractivity contribution in [2.24, 2.45) is 11.8 Å². The van der Waals surface area contributed by atoms with Crippen LogP contribution >= 0.6 is 0 Å². The van der Waals surface area contributed by atoms with Crippen molar-refractivity contribution >= 4 is 16.9 Å². The zero-order chi connectivity index (χ0) is 26.2. The van der Waals surface area contributed by atoms with Crippen molar-refractivity contribution in [2.75, 3.05) is 6.54 Å². The molecule has 1 aliphatic heterocycles. The van der Waals surface area contributed by atoms with Gasteiger partial charge in [0.2, 0.25) is 0 Å². The summed E-state index contributed by atoms with van der Waals surface area (Å²) in [5, 5.41) is 5.09. The molecular formula is C34H52N2O2. The van der Waals surface area contributed by atoms with Gasteiger partial charge < -0.3 is 15.0 Å². The molecule has 1 saturated heterocycles. The third-order valence-electron chi connectivity index (χ3n) is 10.0. The first-order valence-electron chi connectivity index (χ1n) is 16.2. The summed E-state index contributed by atoms with van der Waals surface area (Å²) in [5.74, 6) is 2.40. The monoisotopic (exact) mass is 520 g/mol. The van der Waals surface area contributed by atoms with Gasteiger partial charge in [0.1, 0.15) is 6.10 Å². The Hall–Kier alpha value is -1.81. The molecule has 0 bridgehead atoms. The molecule has 5 atom stereocenters. The molecule has 2 aliphatic carbocycles. The van der Waals surface area contributed by atoms with Crippen molar-refractivity contribution < 1.29 is 9.53 Å². The average Bonchev–Trinajstić information content (AvgIpc) is 3.56. The minimum absolute atomic E-state index is 0.00129. The molecule has 2 heterocycles. The van der Waals surface area contributed by atoms with Gasteiger partial charge in [-0.1, -0.05) is 109 Å². The predicted octanol–water partition coefficient (Wildman–Crippen LogP) is 8.59. The topological polar surface area (TPSA) is 54.1 Å². The van der Waals surface area contributed by atoms with Gasteiger partial charge in [0.15, 0.2) is 0 Å². The lowest BCUT2D eigenvalue weighted by Gasteiger charge is -2.40.